The lowest BCUT2D eigenvalue weighted by molar-refractivity contribution is -0.120. The number of nitrogens with zero attached hydrogens (tertiary/aromatic N) is 3. The van der Waals surface area contributed by atoms with Crippen molar-refractivity contribution in [2.45, 2.75) is 65.3 Å². The summed E-state index contributed by atoms with van der Waals surface area (Å²) < 4.78 is 4.51. The summed E-state index contributed by atoms with van der Waals surface area (Å²) in [5.41, 5.74) is 1.21. The number of rotatable bonds is 12. The highest BCUT2D eigenvalue weighted by molar-refractivity contribution is 7.09. The Hall–Kier alpha value is -1.95. The summed E-state index contributed by atoms with van der Waals surface area (Å²) in [5.74, 6) is 0.957. The molecule has 6 heteroatoms. The normalized spacial score (nSPS) is 11.0. The van der Waals surface area contributed by atoms with Gasteiger partial charge >= 0.3 is 0 Å². The SMILES string of the molecule is CCCCCCNC(=O)CCN(c1nc(Cc2ccccc2)ns1)C(C)C. The summed E-state index contributed by atoms with van der Waals surface area (Å²) in [6.07, 6.45) is 5.92. The molecular formula is C21H32N4OS. The van der Waals surface area contributed by atoms with Crippen molar-refractivity contribution in [2.75, 3.05) is 18.0 Å². The largest absolute Gasteiger partial charge is 0.356 e. The Kier molecular flexibility index (Phi) is 9.25. The van der Waals surface area contributed by atoms with Crippen LogP contribution in [0.25, 0.3) is 0 Å². The summed E-state index contributed by atoms with van der Waals surface area (Å²) in [7, 11) is 0. The van der Waals surface area contributed by atoms with E-state index in [1.54, 1.807) is 0 Å². The first-order valence-corrected chi connectivity index (χ1v) is 10.8. The van der Waals surface area contributed by atoms with E-state index in [9.17, 15) is 4.79 Å². The Balaban J connectivity index is 1.83. The van der Waals surface area contributed by atoms with E-state index in [4.69, 9.17) is 4.98 Å². The van der Waals surface area contributed by atoms with Crippen LogP contribution in [0.4, 0.5) is 5.13 Å². The van der Waals surface area contributed by atoms with Gasteiger partial charge in [-0.15, -0.1) is 0 Å². The molecule has 1 aromatic heterocycles. The molecule has 0 aliphatic carbocycles. The third kappa shape index (κ3) is 7.67. The van der Waals surface area contributed by atoms with Crippen molar-refractivity contribution in [3.63, 3.8) is 0 Å². The summed E-state index contributed by atoms with van der Waals surface area (Å²) in [6, 6.07) is 10.5. The number of unbranched alkanes of at least 4 members (excludes halogenated alkanes) is 3. The zero-order chi connectivity index (χ0) is 19.5. The Labute approximate surface area is 167 Å². The zero-order valence-electron chi connectivity index (χ0n) is 16.8. The summed E-state index contributed by atoms with van der Waals surface area (Å²) in [5, 5.41) is 3.92. The van der Waals surface area contributed by atoms with Gasteiger partial charge in [0.05, 0.1) is 0 Å². The molecule has 1 heterocycles. The molecule has 0 aliphatic heterocycles. The highest BCUT2D eigenvalue weighted by Crippen LogP contribution is 2.21. The molecule has 0 saturated heterocycles. The van der Waals surface area contributed by atoms with Crippen LogP contribution >= 0.6 is 11.5 Å². The van der Waals surface area contributed by atoms with Gasteiger partial charge in [-0.1, -0.05) is 56.5 Å². The molecule has 5 nitrogen and oxygen atoms in total. The molecule has 0 atom stereocenters. The van der Waals surface area contributed by atoms with E-state index in [1.807, 2.05) is 18.2 Å². The molecule has 1 N–H and O–H groups in total. The third-order valence-corrected chi connectivity index (χ3v) is 5.25. The number of nitrogens with one attached hydrogen (secondary N) is 1. The fraction of sp³-hybridized carbons (Fsp3) is 0.571. The monoisotopic (exact) mass is 388 g/mol. The minimum atomic E-state index is 0.117. The quantitative estimate of drug-likeness (QED) is 0.547. The van der Waals surface area contributed by atoms with Crippen LogP contribution in [0.15, 0.2) is 30.3 Å². The minimum Gasteiger partial charge on any atom is -0.356 e. The van der Waals surface area contributed by atoms with E-state index in [-0.39, 0.29) is 11.9 Å². The van der Waals surface area contributed by atoms with Crippen LogP contribution in [0.3, 0.4) is 0 Å². The smallest absolute Gasteiger partial charge is 0.221 e. The molecule has 0 fully saturated rings. The van der Waals surface area contributed by atoms with Gasteiger partial charge in [0.15, 0.2) is 0 Å². The van der Waals surface area contributed by atoms with E-state index < -0.39 is 0 Å². The maximum Gasteiger partial charge on any atom is 0.221 e. The Bertz CT molecular complexity index is 672. The molecule has 2 rings (SSSR count). The third-order valence-electron chi connectivity index (χ3n) is 4.46. The molecule has 1 amide bonds. The number of carbonyl (C=O) groups is 1. The van der Waals surface area contributed by atoms with Crippen molar-refractivity contribution in [1.29, 1.82) is 0 Å². The van der Waals surface area contributed by atoms with Gasteiger partial charge in [-0.2, -0.15) is 4.37 Å². The number of hydrogen-bond donors (Lipinski definition) is 1. The van der Waals surface area contributed by atoms with Gasteiger partial charge in [-0.05, 0) is 25.8 Å². The molecule has 0 saturated carbocycles. The second kappa shape index (κ2) is 11.7. The highest BCUT2D eigenvalue weighted by atomic mass is 32.1. The van der Waals surface area contributed by atoms with Crippen LogP contribution in [-0.4, -0.2) is 34.4 Å². The van der Waals surface area contributed by atoms with Gasteiger partial charge in [-0.3, -0.25) is 4.79 Å². The second-order valence-electron chi connectivity index (χ2n) is 7.10. The van der Waals surface area contributed by atoms with Gasteiger partial charge in [0.25, 0.3) is 0 Å². The average molecular weight is 389 g/mol. The standard InChI is InChI=1S/C21H32N4OS/c1-4-5-6-10-14-22-20(26)13-15-25(17(2)3)21-23-19(24-27-21)16-18-11-8-7-9-12-18/h7-9,11-12,17H,4-6,10,13-16H2,1-3H3,(H,22,26). The van der Waals surface area contributed by atoms with Crippen molar-refractivity contribution in [3.05, 3.63) is 41.7 Å². The number of carbonyl (C=O) groups excluding carboxylic acids is 1. The highest BCUT2D eigenvalue weighted by Gasteiger charge is 2.17. The van der Waals surface area contributed by atoms with E-state index >= 15 is 0 Å². The molecular weight excluding hydrogens is 356 g/mol. The summed E-state index contributed by atoms with van der Waals surface area (Å²) in [4.78, 5) is 19.0. The van der Waals surface area contributed by atoms with Gasteiger partial charge < -0.3 is 10.2 Å². The number of aromatic nitrogens is 2. The fourth-order valence-electron chi connectivity index (χ4n) is 2.88. The molecule has 148 valence electrons. The lowest BCUT2D eigenvalue weighted by Gasteiger charge is -2.25. The maximum atomic E-state index is 12.1. The van der Waals surface area contributed by atoms with Crippen molar-refractivity contribution in [1.82, 2.24) is 14.7 Å². The van der Waals surface area contributed by atoms with Gasteiger partial charge in [-0.25, -0.2) is 4.98 Å². The Morgan fingerprint density at radius 3 is 2.67 bits per heavy atom. The van der Waals surface area contributed by atoms with Crippen molar-refractivity contribution >= 4 is 22.6 Å². The molecule has 0 radical (unpaired) electrons. The summed E-state index contributed by atoms with van der Waals surface area (Å²) >= 11 is 1.42. The topological polar surface area (TPSA) is 58.1 Å². The first-order valence-electron chi connectivity index (χ1n) is 10.00. The Morgan fingerprint density at radius 2 is 1.96 bits per heavy atom. The lowest BCUT2D eigenvalue weighted by Crippen LogP contribution is -2.35. The van der Waals surface area contributed by atoms with E-state index in [0.29, 0.717) is 13.0 Å². The van der Waals surface area contributed by atoms with E-state index in [2.05, 4.69) is 47.5 Å². The molecule has 0 unspecified atom stereocenters. The Morgan fingerprint density at radius 1 is 1.19 bits per heavy atom. The number of benzene rings is 1. The average Bonchev–Trinajstić information content (AvgIpc) is 3.10. The molecule has 0 spiro atoms. The number of anilines is 1. The van der Waals surface area contributed by atoms with E-state index in [1.165, 1.54) is 36.4 Å². The van der Waals surface area contributed by atoms with Crippen LogP contribution in [0.1, 0.15) is 64.3 Å². The molecule has 0 bridgehead atoms. The lowest BCUT2D eigenvalue weighted by atomic mass is 10.1. The minimum absolute atomic E-state index is 0.117. The van der Waals surface area contributed by atoms with Crippen LogP contribution < -0.4 is 10.2 Å². The van der Waals surface area contributed by atoms with Crippen LogP contribution in [0.2, 0.25) is 0 Å². The molecule has 2 aromatic rings. The van der Waals surface area contributed by atoms with Crippen molar-refractivity contribution < 1.29 is 4.79 Å². The predicted octanol–water partition coefficient (Wildman–Crippen LogP) is 4.43. The van der Waals surface area contributed by atoms with Crippen LogP contribution in [0.5, 0.6) is 0 Å². The number of hydrogen-bond acceptors (Lipinski definition) is 5. The first kappa shape index (κ1) is 21.4. The van der Waals surface area contributed by atoms with Crippen LogP contribution in [0, 0.1) is 0 Å². The van der Waals surface area contributed by atoms with E-state index in [0.717, 1.165) is 30.3 Å². The molecule has 1 aromatic carbocycles. The second-order valence-corrected chi connectivity index (χ2v) is 7.83. The van der Waals surface area contributed by atoms with Crippen molar-refractivity contribution in [2.24, 2.45) is 0 Å². The van der Waals surface area contributed by atoms with Gasteiger partial charge in [0, 0.05) is 43.5 Å². The zero-order valence-corrected chi connectivity index (χ0v) is 17.6. The van der Waals surface area contributed by atoms with Gasteiger partial charge in [0.2, 0.25) is 11.0 Å². The molecule has 27 heavy (non-hydrogen) atoms. The summed E-state index contributed by atoms with van der Waals surface area (Å²) in [6.45, 7) is 7.89. The first-order chi connectivity index (χ1) is 13.1. The number of amides is 1. The predicted molar refractivity (Wildman–Crippen MR) is 113 cm³/mol. The van der Waals surface area contributed by atoms with Gasteiger partial charge in [0.1, 0.15) is 5.82 Å². The fourth-order valence-corrected chi connectivity index (χ4v) is 3.72. The molecule has 0 aliphatic rings. The van der Waals surface area contributed by atoms with Crippen molar-refractivity contribution in [3.8, 4) is 0 Å². The maximum absolute atomic E-state index is 12.1. The van der Waals surface area contributed by atoms with Crippen LogP contribution in [-0.2, 0) is 11.2 Å².